The summed E-state index contributed by atoms with van der Waals surface area (Å²) in [6, 6.07) is 16.4. The maximum atomic E-state index is 12.6. The van der Waals surface area contributed by atoms with Crippen molar-refractivity contribution in [3.63, 3.8) is 0 Å². The third kappa shape index (κ3) is 4.34. The SMILES string of the molecule is N#CCOc1ccc(/C=C2\SC(=O)N(Cc3cccc(Br)c3)C2=O)cc1. The number of hydrogen-bond acceptors (Lipinski definition) is 5. The summed E-state index contributed by atoms with van der Waals surface area (Å²) in [6.07, 6.45) is 1.68. The molecular weight excluding hydrogens is 416 g/mol. The first-order chi connectivity index (χ1) is 12.6. The monoisotopic (exact) mass is 428 g/mol. The van der Waals surface area contributed by atoms with E-state index in [0.717, 1.165) is 27.4 Å². The molecular formula is C19H13BrN2O3S. The quantitative estimate of drug-likeness (QED) is 0.651. The molecule has 1 aliphatic rings. The van der Waals surface area contributed by atoms with Crippen molar-refractivity contribution in [3.8, 4) is 11.8 Å². The van der Waals surface area contributed by atoms with Crippen LogP contribution in [0.2, 0.25) is 0 Å². The second-order valence-corrected chi connectivity index (χ2v) is 7.32. The number of nitriles is 1. The highest BCUT2D eigenvalue weighted by molar-refractivity contribution is 9.10. The van der Waals surface area contributed by atoms with Gasteiger partial charge in [0, 0.05) is 4.47 Å². The lowest BCUT2D eigenvalue weighted by Gasteiger charge is -2.12. The Morgan fingerprint density at radius 1 is 1.19 bits per heavy atom. The molecule has 26 heavy (non-hydrogen) atoms. The van der Waals surface area contributed by atoms with Gasteiger partial charge in [-0.15, -0.1) is 0 Å². The molecule has 3 rings (SSSR count). The van der Waals surface area contributed by atoms with Crippen LogP contribution in [0.4, 0.5) is 4.79 Å². The summed E-state index contributed by atoms with van der Waals surface area (Å²) in [5.41, 5.74) is 1.66. The topological polar surface area (TPSA) is 70.4 Å². The summed E-state index contributed by atoms with van der Waals surface area (Å²) < 4.78 is 6.09. The first-order valence-corrected chi connectivity index (χ1v) is 9.27. The van der Waals surface area contributed by atoms with Gasteiger partial charge in [0.05, 0.1) is 11.4 Å². The molecule has 0 spiro atoms. The Bertz CT molecular complexity index is 919. The van der Waals surface area contributed by atoms with Gasteiger partial charge in [0.15, 0.2) is 6.61 Å². The summed E-state index contributed by atoms with van der Waals surface area (Å²) in [7, 11) is 0. The average molecular weight is 429 g/mol. The molecule has 2 aromatic rings. The lowest BCUT2D eigenvalue weighted by molar-refractivity contribution is -0.123. The molecule has 0 N–H and O–H groups in total. The molecule has 1 heterocycles. The Morgan fingerprint density at radius 2 is 1.96 bits per heavy atom. The Balaban J connectivity index is 1.73. The van der Waals surface area contributed by atoms with Gasteiger partial charge in [-0.3, -0.25) is 14.5 Å². The lowest BCUT2D eigenvalue weighted by Crippen LogP contribution is -2.27. The van der Waals surface area contributed by atoms with Gasteiger partial charge in [-0.05, 0) is 53.2 Å². The van der Waals surface area contributed by atoms with Gasteiger partial charge in [-0.1, -0.05) is 40.2 Å². The first-order valence-electron chi connectivity index (χ1n) is 7.66. The molecule has 1 fully saturated rings. The molecule has 0 radical (unpaired) electrons. The molecule has 2 aromatic carbocycles. The van der Waals surface area contributed by atoms with E-state index < -0.39 is 0 Å². The minimum Gasteiger partial charge on any atom is -0.479 e. The van der Waals surface area contributed by atoms with Gasteiger partial charge in [-0.25, -0.2) is 0 Å². The number of nitrogens with zero attached hydrogens (tertiary/aromatic N) is 2. The highest BCUT2D eigenvalue weighted by Crippen LogP contribution is 2.33. The van der Waals surface area contributed by atoms with Gasteiger partial charge in [0.1, 0.15) is 11.8 Å². The largest absolute Gasteiger partial charge is 0.479 e. The molecule has 0 atom stereocenters. The van der Waals surface area contributed by atoms with Crippen LogP contribution < -0.4 is 4.74 Å². The number of amides is 2. The molecule has 2 amide bonds. The first kappa shape index (κ1) is 18.2. The Kier molecular flexibility index (Phi) is 5.76. The Hall–Kier alpha value is -2.56. The highest BCUT2D eigenvalue weighted by atomic mass is 79.9. The van der Waals surface area contributed by atoms with Crippen molar-refractivity contribution < 1.29 is 14.3 Å². The van der Waals surface area contributed by atoms with Crippen LogP contribution in [0.1, 0.15) is 11.1 Å². The number of ether oxygens (including phenoxy) is 1. The minimum atomic E-state index is -0.301. The fourth-order valence-corrected chi connectivity index (χ4v) is 3.67. The van der Waals surface area contributed by atoms with Gasteiger partial charge < -0.3 is 4.74 Å². The highest BCUT2D eigenvalue weighted by Gasteiger charge is 2.34. The van der Waals surface area contributed by atoms with E-state index in [1.165, 1.54) is 4.90 Å². The van der Waals surface area contributed by atoms with E-state index in [1.54, 1.807) is 30.3 Å². The van der Waals surface area contributed by atoms with Crippen molar-refractivity contribution in [2.45, 2.75) is 6.54 Å². The van der Waals surface area contributed by atoms with Crippen molar-refractivity contribution >= 4 is 44.9 Å². The second-order valence-electron chi connectivity index (χ2n) is 5.41. The summed E-state index contributed by atoms with van der Waals surface area (Å²) in [5, 5.41) is 8.23. The number of rotatable bonds is 5. The fourth-order valence-electron chi connectivity index (χ4n) is 2.38. The molecule has 1 saturated heterocycles. The van der Waals surface area contributed by atoms with Crippen molar-refractivity contribution in [1.29, 1.82) is 5.26 Å². The number of thioether (sulfide) groups is 1. The molecule has 0 bridgehead atoms. The zero-order valence-electron chi connectivity index (χ0n) is 13.5. The van der Waals surface area contributed by atoms with E-state index in [-0.39, 0.29) is 24.3 Å². The minimum absolute atomic E-state index is 0.0200. The van der Waals surface area contributed by atoms with Crippen LogP contribution in [0.15, 0.2) is 57.9 Å². The maximum absolute atomic E-state index is 12.6. The number of carbonyl (C=O) groups is 2. The average Bonchev–Trinajstić information content (AvgIpc) is 2.89. The van der Waals surface area contributed by atoms with Gasteiger partial charge in [0.25, 0.3) is 11.1 Å². The number of imide groups is 1. The van der Waals surface area contributed by atoms with Crippen molar-refractivity contribution in [2.24, 2.45) is 0 Å². The fraction of sp³-hybridized carbons (Fsp3) is 0.105. The third-order valence-corrected chi connectivity index (χ3v) is 4.99. The number of carbonyl (C=O) groups excluding carboxylic acids is 2. The molecule has 5 nitrogen and oxygen atoms in total. The van der Waals surface area contributed by atoms with Gasteiger partial charge in [0.2, 0.25) is 0 Å². The van der Waals surface area contributed by atoms with E-state index >= 15 is 0 Å². The lowest BCUT2D eigenvalue weighted by atomic mass is 10.2. The van der Waals surface area contributed by atoms with E-state index in [2.05, 4.69) is 15.9 Å². The third-order valence-electron chi connectivity index (χ3n) is 3.58. The zero-order valence-corrected chi connectivity index (χ0v) is 15.9. The van der Waals surface area contributed by atoms with Crippen molar-refractivity contribution in [1.82, 2.24) is 4.90 Å². The van der Waals surface area contributed by atoms with Crippen LogP contribution in [0, 0.1) is 11.3 Å². The predicted octanol–water partition coefficient (Wildman–Crippen LogP) is 4.59. The Labute approximate surface area is 163 Å². The number of benzene rings is 2. The van der Waals surface area contributed by atoms with Crippen LogP contribution in [0.25, 0.3) is 6.08 Å². The zero-order chi connectivity index (χ0) is 18.5. The number of hydrogen-bond donors (Lipinski definition) is 0. The van der Waals surface area contributed by atoms with E-state index in [4.69, 9.17) is 10.00 Å². The normalized spacial score (nSPS) is 15.4. The summed E-state index contributed by atoms with van der Waals surface area (Å²) in [6.45, 7) is 0.218. The van der Waals surface area contributed by atoms with Crippen LogP contribution >= 0.6 is 27.7 Å². The molecule has 0 aliphatic carbocycles. The predicted molar refractivity (Wildman–Crippen MR) is 103 cm³/mol. The van der Waals surface area contributed by atoms with Crippen LogP contribution in [0.5, 0.6) is 5.75 Å². The van der Waals surface area contributed by atoms with Crippen molar-refractivity contribution in [2.75, 3.05) is 6.61 Å². The molecule has 130 valence electrons. The standard InChI is InChI=1S/C19H13BrN2O3S/c20-15-3-1-2-14(10-15)12-22-18(23)17(26-19(22)24)11-13-4-6-16(7-5-13)25-9-8-21/h1-7,10-11H,9,12H2/b17-11-. The molecule has 1 aliphatic heterocycles. The van der Waals surface area contributed by atoms with Crippen molar-refractivity contribution in [3.05, 3.63) is 69.0 Å². The molecule has 0 aromatic heterocycles. The Morgan fingerprint density at radius 3 is 2.65 bits per heavy atom. The van der Waals surface area contributed by atoms with E-state index in [1.807, 2.05) is 30.3 Å². The van der Waals surface area contributed by atoms with Crippen LogP contribution in [-0.2, 0) is 11.3 Å². The van der Waals surface area contributed by atoms with Crippen LogP contribution in [-0.4, -0.2) is 22.7 Å². The molecule has 7 heteroatoms. The maximum Gasteiger partial charge on any atom is 0.293 e. The second kappa shape index (κ2) is 8.21. The summed E-state index contributed by atoms with van der Waals surface area (Å²) >= 11 is 4.32. The van der Waals surface area contributed by atoms with Gasteiger partial charge in [-0.2, -0.15) is 5.26 Å². The van der Waals surface area contributed by atoms with E-state index in [9.17, 15) is 9.59 Å². The molecule has 0 saturated carbocycles. The molecule has 0 unspecified atom stereocenters. The van der Waals surface area contributed by atoms with Gasteiger partial charge >= 0.3 is 0 Å². The van der Waals surface area contributed by atoms with E-state index in [0.29, 0.717) is 10.7 Å². The summed E-state index contributed by atoms with van der Waals surface area (Å²) in [5.74, 6) is 0.274. The van der Waals surface area contributed by atoms with Crippen LogP contribution in [0.3, 0.4) is 0 Å². The number of halogens is 1. The summed E-state index contributed by atoms with van der Waals surface area (Å²) in [4.78, 5) is 26.4. The smallest absolute Gasteiger partial charge is 0.293 e.